The van der Waals surface area contributed by atoms with Crippen LogP contribution in [0.5, 0.6) is 5.75 Å². The predicted molar refractivity (Wildman–Crippen MR) is 64.3 cm³/mol. The molecule has 0 bridgehead atoms. The van der Waals surface area contributed by atoms with Crippen LogP contribution in [0.1, 0.15) is 12.0 Å². The molecule has 0 saturated carbocycles. The van der Waals surface area contributed by atoms with Crippen LogP contribution in [0.15, 0.2) is 30.5 Å². The molecule has 0 spiro atoms. The Morgan fingerprint density at radius 2 is 2.29 bits per heavy atom. The van der Waals surface area contributed by atoms with E-state index in [1.807, 2.05) is 24.3 Å². The number of carbonyl (C=O) groups is 1. The van der Waals surface area contributed by atoms with Gasteiger partial charge in [-0.05, 0) is 24.1 Å². The number of aliphatic carboxylic acids is 1. The average molecular weight is 231 g/mol. The molecular weight excluding hydrogens is 218 g/mol. The van der Waals surface area contributed by atoms with Crippen molar-refractivity contribution in [1.29, 1.82) is 0 Å². The minimum absolute atomic E-state index is 0.121. The summed E-state index contributed by atoms with van der Waals surface area (Å²) in [7, 11) is 1.59. The van der Waals surface area contributed by atoms with Crippen molar-refractivity contribution in [1.82, 2.24) is 4.98 Å². The number of aromatic nitrogens is 1. The number of pyridine rings is 1. The van der Waals surface area contributed by atoms with E-state index in [1.165, 1.54) is 0 Å². The summed E-state index contributed by atoms with van der Waals surface area (Å²) >= 11 is 0. The van der Waals surface area contributed by atoms with E-state index >= 15 is 0 Å². The van der Waals surface area contributed by atoms with Gasteiger partial charge in [0, 0.05) is 11.8 Å². The van der Waals surface area contributed by atoms with Gasteiger partial charge in [0.05, 0.1) is 18.8 Å². The van der Waals surface area contributed by atoms with Crippen LogP contribution in [-0.2, 0) is 11.2 Å². The lowest BCUT2D eigenvalue weighted by molar-refractivity contribution is -0.136. The SMILES string of the molecule is COc1cnc2cccc(CCC(=O)O)c2c1. The van der Waals surface area contributed by atoms with Gasteiger partial charge in [-0.2, -0.15) is 0 Å². The Morgan fingerprint density at radius 3 is 3.00 bits per heavy atom. The first kappa shape index (κ1) is 11.4. The number of carboxylic acids is 1. The van der Waals surface area contributed by atoms with Crippen LogP contribution in [0.4, 0.5) is 0 Å². The van der Waals surface area contributed by atoms with Gasteiger partial charge in [-0.25, -0.2) is 0 Å². The molecule has 0 aliphatic rings. The minimum atomic E-state index is -0.794. The Kier molecular flexibility index (Phi) is 3.23. The topological polar surface area (TPSA) is 59.4 Å². The van der Waals surface area contributed by atoms with E-state index in [0.717, 1.165) is 16.5 Å². The Morgan fingerprint density at radius 1 is 1.47 bits per heavy atom. The largest absolute Gasteiger partial charge is 0.495 e. The van der Waals surface area contributed by atoms with Gasteiger partial charge in [0.1, 0.15) is 5.75 Å². The maximum atomic E-state index is 10.6. The summed E-state index contributed by atoms with van der Waals surface area (Å²) in [4.78, 5) is 14.9. The number of ether oxygens (including phenoxy) is 1. The van der Waals surface area contributed by atoms with Gasteiger partial charge in [-0.3, -0.25) is 9.78 Å². The van der Waals surface area contributed by atoms with Gasteiger partial charge in [0.2, 0.25) is 0 Å². The van der Waals surface area contributed by atoms with E-state index < -0.39 is 5.97 Å². The quantitative estimate of drug-likeness (QED) is 0.876. The smallest absolute Gasteiger partial charge is 0.303 e. The van der Waals surface area contributed by atoms with Crippen LogP contribution in [0.25, 0.3) is 10.9 Å². The van der Waals surface area contributed by atoms with Crippen molar-refractivity contribution >= 4 is 16.9 Å². The van der Waals surface area contributed by atoms with Crippen molar-refractivity contribution in [2.75, 3.05) is 7.11 Å². The third-order valence-corrected chi connectivity index (χ3v) is 2.63. The number of methoxy groups -OCH3 is 1. The molecule has 2 rings (SSSR count). The van der Waals surface area contributed by atoms with E-state index in [1.54, 1.807) is 13.3 Å². The average Bonchev–Trinajstić information content (AvgIpc) is 2.35. The van der Waals surface area contributed by atoms with Crippen LogP contribution < -0.4 is 4.74 Å². The highest BCUT2D eigenvalue weighted by Crippen LogP contribution is 2.22. The second-order valence-electron chi connectivity index (χ2n) is 3.75. The lowest BCUT2D eigenvalue weighted by Gasteiger charge is -2.06. The molecule has 0 fully saturated rings. The molecule has 0 aliphatic heterocycles. The second kappa shape index (κ2) is 4.82. The summed E-state index contributed by atoms with van der Waals surface area (Å²) in [6.07, 6.45) is 2.28. The molecule has 1 aromatic heterocycles. The Labute approximate surface area is 98.9 Å². The molecule has 2 aromatic rings. The first-order valence-corrected chi connectivity index (χ1v) is 5.34. The fourth-order valence-electron chi connectivity index (χ4n) is 1.76. The zero-order chi connectivity index (χ0) is 12.3. The van der Waals surface area contributed by atoms with Crippen LogP contribution in [-0.4, -0.2) is 23.2 Å². The van der Waals surface area contributed by atoms with Crippen LogP contribution in [0, 0.1) is 0 Å². The van der Waals surface area contributed by atoms with E-state index in [0.29, 0.717) is 12.2 Å². The lowest BCUT2D eigenvalue weighted by atomic mass is 10.0. The summed E-state index contributed by atoms with van der Waals surface area (Å²) in [5, 5.41) is 9.66. The Balaban J connectivity index is 2.43. The van der Waals surface area contributed by atoms with E-state index in [2.05, 4.69) is 4.98 Å². The normalized spacial score (nSPS) is 10.4. The summed E-state index contributed by atoms with van der Waals surface area (Å²) in [6, 6.07) is 7.60. The van der Waals surface area contributed by atoms with Crippen molar-refractivity contribution in [3.05, 3.63) is 36.0 Å². The van der Waals surface area contributed by atoms with Gasteiger partial charge < -0.3 is 9.84 Å². The van der Waals surface area contributed by atoms with Gasteiger partial charge >= 0.3 is 5.97 Å². The molecule has 0 saturated heterocycles. The van der Waals surface area contributed by atoms with Crippen LogP contribution >= 0.6 is 0 Å². The molecule has 0 radical (unpaired) electrons. The van der Waals surface area contributed by atoms with Gasteiger partial charge in [-0.15, -0.1) is 0 Å². The van der Waals surface area contributed by atoms with Crippen molar-refractivity contribution in [2.24, 2.45) is 0 Å². The molecule has 0 atom stereocenters. The Bertz CT molecular complexity index is 551. The standard InChI is InChI=1S/C13H13NO3/c1-17-10-7-11-9(5-6-13(15)16)3-2-4-12(11)14-8-10/h2-4,7-8H,5-6H2,1H3,(H,15,16). The third kappa shape index (κ3) is 2.53. The van der Waals surface area contributed by atoms with E-state index in [9.17, 15) is 4.79 Å². The number of hydrogen-bond donors (Lipinski definition) is 1. The van der Waals surface area contributed by atoms with Gasteiger partial charge in [0.15, 0.2) is 0 Å². The third-order valence-electron chi connectivity index (χ3n) is 2.63. The number of carboxylic acid groups (broad SMARTS) is 1. The fourth-order valence-corrected chi connectivity index (χ4v) is 1.76. The Hall–Kier alpha value is -2.10. The van der Waals surface area contributed by atoms with Crippen LogP contribution in [0.3, 0.4) is 0 Å². The molecule has 0 unspecified atom stereocenters. The number of nitrogens with zero attached hydrogens (tertiary/aromatic N) is 1. The fraction of sp³-hybridized carbons (Fsp3) is 0.231. The molecule has 0 amide bonds. The molecule has 0 aliphatic carbocycles. The number of fused-ring (bicyclic) bond motifs is 1. The molecule has 1 heterocycles. The molecule has 1 aromatic carbocycles. The summed E-state index contributed by atoms with van der Waals surface area (Å²) in [5.74, 6) is -0.113. The summed E-state index contributed by atoms with van der Waals surface area (Å²) in [5.41, 5.74) is 1.84. The van der Waals surface area contributed by atoms with E-state index in [-0.39, 0.29) is 6.42 Å². The number of benzene rings is 1. The highest BCUT2D eigenvalue weighted by atomic mass is 16.5. The van der Waals surface area contributed by atoms with Crippen molar-refractivity contribution < 1.29 is 14.6 Å². The first-order chi connectivity index (χ1) is 8.20. The monoisotopic (exact) mass is 231 g/mol. The van der Waals surface area contributed by atoms with Crippen molar-refractivity contribution in [3.63, 3.8) is 0 Å². The number of aryl methyl sites for hydroxylation is 1. The van der Waals surface area contributed by atoms with Crippen molar-refractivity contribution in [2.45, 2.75) is 12.8 Å². The zero-order valence-electron chi connectivity index (χ0n) is 9.51. The highest BCUT2D eigenvalue weighted by Gasteiger charge is 2.05. The maximum Gasteiger partial charge on any atom is 0.303 e. The van der Waals surface area contributed by atoms with Crippen LogP contribution in [0.2, 0.25) is 0 Å². The zero-order valence-corrected chi connectivity index (χ0v) is 9.51. The molecule has 88 valence electrons. The lowest BCUT2D eigenvalue weighted by Crippen LogP contribution is -1.98. The molecule has 4 heteroatoms. The van der Waals surface area contributed by atoms with E-state index in [4.69, 9.17) is 9.84 Å². The first-order valence-electron chi connectivity index (χ1n) is 5.34. The van der Waals surface area contributed by atoms with Gasteiger partial charge in [-0.1, -0.05) is 12.1 Å². The number of hydrogen-bond acceptors (Lipinski definition) is 3. The molecular formula is C13H13NO3. The molecule has 17 heavy (non-hydrogen) atoms. The highest BCUT2D eigenvalue weighted by molar-refractivity contribution is 5.83. The molecule has 4 nitrogen and oxygen atoms in total. The number of rotatable bonds is 4. The predicted octanol–water partition coefficient (Wildman–Crippen LogP) is 2.26. The maximum absolute atomic E-state index is 10.6. The summed E-state index contributed by atoms with van der Waals surface area (Å²) in [6.45, 7) is 0. The van der Waals surface area contributed by atoms with Gasteiger partial charge in [0.25, 0.3) is 0 Å². The molecule has 1 N–H and O–H groups in total. The van der Waals surface area contributed by atoms with Crippen molar-refractivity contribution in [3.8, 4) is 5.75 Å². The summed E-state index contributed by atoms with van der Waals surface area (Å²) < 4.78 is 5.12. The second-order valence-corrected chi connectivity index (χ2v) is 3.75. The minimum Gasteiger partial charge on any atom is -0.495 e.